The smallest absolute Gasteiger partial charge is 0.0133 e. The summed E-state index contributed by atoms with van der Waals surface area (Å²) in [6.07, 6.45) is 5.63. The molecule has 1 nitrogen and oxygen atoms in total. The van der Waals surface area contributed by atoms with E-state index >= 15 is 0 Å². The third-order valence-corrected chi connectivity index (χ3v) is 2.46. The van der Waals surface area contributed by atoms with Crippen LogP contribution in [0.1, 0.15) is 19.3 Å². The molecule has 1 fully saturated rings. The van der Waals surface area contributed by atoms with Crippen molar-refractivity contribution in [2.24, 2.45) is 0 Å². The Kier molecular flexibility index (Phi) is 2.89. The van der Waals surface area contributed by atoms with Crippen LogP contribution < -0.4 is 0 Å². The molecule has 0 aliphatic carbocycles. The molecule has 0 saturated carbocycles. The summed E-state index contributed by atoms with van der Waals surface area (Å²) in [4.78, 5) is 2.41. The zero-order valence-electron chi connectivity index (χ0n) is 7.34. The number of hydrogen-bond acceptors (Lipinski definition) is 1. The Morgan fingerprint density at radius 1 is 1.73 bits per heavy atom. The third kappa shape index (κ3) is 2.19. The first-order valence-electron chi connectivity index (χ1n) is 4.24. The van der Waals surface area contributed by atoms with E-state index in [4.69, 9.17) is 0 Å². The molecule has 1 heterocycles. The van der Waals surface area contributed by atoms with E-state index in [1.54, 1.807) is 0 Å². The second-order valence-electron chi connectivity index (χ2n) is 3.34. The lowest BCUT2D eigenvalue weighted by atomic mass is 10.1. The molecule has 1 aliphatic heterocycles. The Morgan fingerprint density at radius 3 is 2.91 bits per heavy atom. The molecule has 0 bridgehead atoms. The lowest BCUT2D eigenvalue weighted by Gasteiger charge is -2.18. The van der Waals surface area contributed by atoms with Gasteiger partial charge in [-0.1, -0.05) is 24.8 Å². The molecule has 11 heavy (non-hydrogen) atoms. The normalized spacial score (nSPS) is 25.4. The van der Waals surface area contributed by atoms with Gasteiger partial charge in [0.15, 0.2) is 0 Å². The Labute approximate surface area is 69.4 Å². The molecule has 0 amide bonds. The molecule has 1 rings (SSSR count). The van der Waals surface area contributed by atoms with E-state index in [0.29, 0.717) is 0 Å². The summed E-state index contributed by atoms with van der Waals surface area (Å²) >= 11 is 0. The van der Waals surface area contributed by atoms with E-state index in [1.807, 2.05) is 6.08 Å². The number of hydrogen-bond donors (Lipinski definition) is 0. The molecule has 0 aromatic heterocycles. The zero-order chi connectivity index (χ0) is 8.27. The monoisotopic (exact) mass is 151 g/mol. The first-order valence-corrected chi connectivity index (χ1v) is 4.24. The minimum atomic E-state index is 0.723. The number of likely N-dealkylation sites (tertiary alicyclic amines) is 1. The van der Waals surface area contributed by atoms with E-state index < -0.39 is 0 Å². The van der Waals surface area contributed by atoms with Gasteiger partial charge >= 0.3 is 0 Å². The van der Waals surface area contributed by atoms with Crippen molar-refractivity contribution < 1.29 is 0 Å². The maximum Gasteiger partial charge on any atom is 0.0133 e. The van der Waals surface area contributed by atoms with Crippen LogP contribution in [-0.4, -0.2) is 24.5 Å². The van der Waals surface area contributed by atoms with E-state index in [9.17, 15) is 0 Å². The van der Waals surface area contributed by atoms with Crippen LogP contribution in [0.15, 0.2) is 24.8 Å². The fraction of sp³-hybridized carbons (Fsp3) is 0.600. The molecule has 1 saturated heterocycles. The molecule has 62 valence electrons. The van der Waals surface area contributed by atoms with Gasteiger partial charge in [-0.25, -0.2) is 0 Å². The second kappa shape index (κ2) is 3.72. The second-order valence-corrected chi connectivity index (χ2v) is 3.34. The summed E-state index contributed by atoms with van der Waals surface area (Å²) in [5.74, 6) is 0. The summed E-state index contributed by atoms with van der Waals surface area (Å²) in [6.45, 7) is 8.88. The van der Waals surface area contributed by atoms with Crippen molar-refractivity contribution >= 4 is 0 Å². The van der Waals surface area contributed by atoms with Crippen molar-refractivity contribution in [3.63, 3.8) is 0 Å². The molecule has 1 aliphatic rings. The Balaban J connectivity index is 2.36. The van der Waals surface area contributed by atoms with Gasteiger partial charge in [0.05, 0.1) is 0 Å². The van der Waals surface area contributed by atoms with Gasteiger partial charge in [-0.3, -0.25) is 0 Å². The van der Waals surface area contributed by atoms with Crippen LogP contribution in [0.4, 0.5) is 0 Å². The number of allylic oxidation sites excluding steroid dienone is 1. The SMILES string of the molecule is C=CC(=C)CC1CCCN1C. The van der Waals surface area contributed by atoms with Gasteiger partial charge in [-0.05, 0) is 32.9 Å². The summed E-state index contributed by atoms with van der Waals surface area (Å²) in [5.41, 5.74) is 1.17. The predicted octanol–water partition coefficient (Wildman–Crippen LogP) is 2.21. The minimum Gasteiger partial charge on any atom is -0.303 e. The molecule has 1 unspecified atom stereocenters. The highest BCUT2D eigenvalue weighted by molar-refractivity contribution is 5.12. The van der Waals surface area contributed by atoms with Gasteiger partial charge in [0.25, 0.3) is 0 Å². The zero-order valence-corrected chi connectivity index (χ0v) is 7.34. The summed E-state index contributed by atoms with van der Waals surface area (Å²) < 4.78 is 0. The van der Waals surface area contributed by atoms with Crippen molar-refractivity contribution in [2.45, 2.75) is 25.3 Å². The van der Waals surface area contributed by atoms with Crippen molar-refractivity contribution in [1.82, 2.24) is 4.90 Å². The highest BCUT2D eigenvalue weighted by Crippen LogP contribution is 2.20. The van der Waals surface area contributed by atoms with Crippen molar-refractivity contribution in [2.75, 3.05) is 13.6 Å². The van der Waals surface area contributed by atoms with Crippen LogP contribution in [0.2, 0.25) is 0 Å². The fourth-order valence-electron chi connectivity index (χ4n) is 1.62. The van der Waals surface area contributed by atoms with Gasteiger partial charge in [-0.15, -0.1) is 0 Å². The van der Waals surface area contributed by atoms with E-state index in [0.717, 1.165) is 12.5 Å². The van der Waals surface area contributed by atoms with Crippen molar-refractivity contribution in [3.05, 3.63) is 24.8 Å². The molecule has 0 N–H and O–H groups in total. The topological polar surface area (TPSA) is 3.24 Å². The Hall–Kier alpha value is -0.560. The minimum absolute atomic E-state index is 0.723. The molecule has 0 aromatic rings. The number of rotatable bonds is 3. The standard InChI is InChI=1S/C10H17N/c1-4-9(2)8-10-6-5-7-11(10)3/h4,10H,1-2,5-8H2,3H3. The summed E-state index contributed by atoms with van der Waals surface area (Å²) in [5, 5.41) is 0. The molecule has 0 spiro atoms. The van der Waals surface area contributed by atoms with Crippen LogP contribution in [0, 0.1) is 0 Å². The Bertz CT molecular complexity index is 160. The molecule has 1 heteroatoms. The first kappa shape index (κ1) is 8.54. The Morgan fingerprint density at radius 2 is 2.45 bits per heavy atom. The van der Waals surface area contributed by atoms with Crippen LogP contribution in [0.25, 0.3) is 0 Å². The van der Waals surface area contributed by atoms with Crippen LogP contribution in [0.5, 0.6) is 0 Å². The number of nitrogens with zero attached hydrogens (tertiary/aromatic N) is 1. The highest BCUT2D eigenvalue weighted by atomic mass is 15.1. The molecular weight excluding hydrogens is 134 g/mol. The van der Waals surface area contributed by atoms with E-state index in [2.05, 4.69) is 25.1 Å². The lowest BCUT2D eigenvalue weighted by Crippen LogP contribution is -2.24. The van der Waals surface area contributed by atoms with Gasteiger partial charge in [0.1, 0.15) is 0 Å². The van der Waals surface area contributed by atoms with Crippen LogP contribution >= 0.6 is 0 Å². The third-order valence-electron chi connectivity index (χ3n) is 2.46. The first-order chi connectivity index (χ1) is 5.24. The summed E-state index contributed by atoms with van der Waals surface area (Å²) in [6, 6.07) is 0.723. The maximum atomic E-state index is 3.93. The van der Waals surface area contributed by atoms with Crippen molar-refractivity contribution in [3.8, 4) is 0 Å². The molecule has 0 aromatic carbocycles. The highest BCUT2D eigenvalue weighted by Gasteiger charge is 2.20. The predicted molar refractivity (Wildman–Crippen MR) is 49.6 cm³/mol. The van der Waals surface area contributed by atoms with Crippen LogP contribution in [-0.2, 0) is 0 Å². The fourth-order valence-corrected chi connectivity index (χ4v) is 1.62. The van der Waals surface area contributed by atoms with Crippen LogP contribution in [0.3, 0.4) is 0 Å². The van der Waals surface area contributed by atoms with Gasteiger partial charge in [-0.2, -0.15) is 0 Å². The lowest BCUT2D eigenvalue weighted by molar-refractivity contribution is 0.310. The quantitative estimate of drug-likeness (QED) is 0.559. The summed E-state index contributed by atoms with van der Waals surface area (Å²) in [7, 11) is 2.19. The van der Waals surface area contributed by atoms with Gasteiger partial charge in [0, 0.05) is 6.04 Å². The van der Waals surface area contributed by atoms with Gasteiger partial charge in [0.2, 0.25) is 0 Å². The average Bonchev–Trinajstić information content (AvgIpc) is 2.37. The molecule has 1 atom stereocenters. The molecular formula is C10H17N. The maximum absolute atomic E-state index is 3.93. The average molecular weight is 151 g/mol. The van der Waals surface area contributed by atoms with E-state index in [-0.39, 0.29) is 0 Å². The largest absolute Gasteiger partial charge is 0.303 e. The van der Waals surface area contributed by atoms with Gasteiger partial charge < -0.3 is 4.90 Å². The molecule has 0 radical (unpaired) electrons. The van der Waals surface area contributed by atoms with E-state index in [1.165, 1.54) is 25.0 Å². The van der Waals surface area contributed by atoms with Crippen molar-refractivity contribution in [1.29, 1.82) is 0 Å².